The van der Waals surface area contributed by atoms with Crippen molar-refractivity contribution < 1.29 is 4.79 Å². The Labute approximate surface area is 93.4 Å². The van der Waals surface area contributed by atoms with Gasteiger partial charge >= 0.3 is 0 Å². The maximum absolute atomic E-state index is 12.0. The predicted molar refractivity (Wildman–Crippen MR) is 62.8 cm³/mol. The molecule has 1 amide bonds. The molecule has 1 aliphatic rings. The minimum Gasteiger partial charge on any atom is -0.341 e. The molecule has 0 bridgehead atoms. The average molecular weight is 212 g/mol. The molecular formula is C12H24N2O. The van der Waals surface area contributed by atoms with Crippen LogP contribution in [0.3, 0.4) is 0 Å². The molecule has 0 saturated carbocycles. The quantitative estimate of drug-likeness (QED) is 0.706. The molecule has 0 radical (unpaired) electrons. The molecule has 1 fully saturated rings. The zero-order valence-electron chi connectivity index (χ0n) is 10.3. The monoisotopic (exact) mass is 212 g/mol. The lowest BCUT2D eigenvalue weighted by atomic mass is 10.0. The summed E-state index contributed by atoms with van der Waals surface area (Å²) in [6.45, 7) is 10.9. The van der Waals surface area contributed by atoms with Crippen LogP contribution in [0.4, 0.5) is 0 Å². The number of carbonyl (C=O) groups is 1. The van der Waals surface area contributed by atoms with Gasteiger partial charge in [-0.25, -0.2) is 0 Å². The molecule has 15 heavy (non-hydrogen) atoms. The smallest absolute Gasteiger partial charge is 0.236 e. The van der Waals surface area contributed by atoms with Gasteiger partial charge in [0.05, 0.1) is 6.54 Å². The molecule has 88 valence electrons. The third-order valence-electron chi connectivity index (χ3n) is 3.26. The summed E-state index contributed by atoms with van der Waals surface area (Å²) in [5.41, 5.74) is 0. The fourth-order valence-electron chi connectivity index (χ4n) is 2.15. The van der Waals surface area contributed by atoms with Crippen LogP contribution in [0, 0.1) is 5.92 Å². The van der Waals surface area contributed by atoms with Crippen LogP contribution in [0.25, 0.3) is 0 Å². The van der Waals surface area contributed by atoms with E-state index >= 15 is 0 Å². The van der Waals surface area contributed by atoms with Crippen molar-refractivity contribution in [3.05, 3.63) is 0 Å². The van der Waals surface area contributed by atoms with Crippen molar-refractivity contribution in [3.63, 3.8) is 0 Å². The van der Waals surface area contributed by atoms with Gasteiger partial charge in [-0.3, -0.25) is 9.69 Å². The van der Waals surface area contributed by atoms with Crippen LogP contribution in [0.15, 0.2) is 0 Å². The highest BCUT2D eigenvalue weighted by Crippen LogP contribution is 2.15. The standard InChI is InChI=1S/C12H24N2O/c1-4-13(5-2)10-12(15)14-8-6-7-11(3)9-14/h11H,4-10H2,1-3H3. The number of likely N-dealkylation sites (tertiary alicyclic amines) is 1. The summed E-state index contributed by atoms with van der Waals surface area (Å²) in [4.78, 5) is 16.2. The molecule has 1 heterocycles. The first-order chi connectivity index (χ1) is 7.17. The number of piperidine rings is 1. The van der Waals surface area contributed by atoms with Gasteiger partial charge in [-0.2, -0.15) is 0 Å². The van der Waals surface area contributed by atoms with Crippen LogP contribution in [0.1, 0.15) is 33.6 Å². The largest absolute Gasteiger partial charge is 0.341 e. The number of carbonyl (C=O) groups excluding carboxylic acids is 1. The predicted octanol–water partition coefficient (Wildman–Crippen LogP) is 1.59. The highest BCUT2D eigenvalue weighted by atomic mass is 16.2. The highest BCUT2D eigenvalue weighted by Gasteiger charge is 2.21. The Bertz CT molecular complexity index is 202. The summed E-state index contributed by atoms with van der Waals surface area (Å²) in [7, 11) is 0. The van der Waals surface area contributed by atoms with Crippen LogP contribution >= 0.6 is 0 Å². The number of hydrogen-bond donors (Lipinski definition) is 0. The molecule has 0 spiro atoms. The summed E-state index contributed by atoms with van der Waals surface area (Å²) in [6, 6.07) is 0. The van der Waals surface area contributed by atoms with E-state index in [4.69, 9.17) is 0 Å². The molecule has 0 aliphatic carbocycles. The van der Waals surface area contributed by atoms with E-state index in [9.17, 15) is 4.79 Å². The van der Waals surface area contributed by atoms with Gasteiger partial charge in [-0.1, -0.05) is 20.8 Å². The van der Waals surface area contributed by atoms with E-state index in [-0.39, 0.29) is 0 Å². The summed E-state index contributed by atoms with van der Waals surface area (Å²) in [5, 5.41) is 0. The van der Waals surface area contributed by atoms with Crippen molar-refractivity contribution in [2.45, 2.75) is 33.6 Å². The molecular weight excluding hydrogens is 188 g/mol. The Morgan fingerprint density at radius 2 is 2.07 bits per heavy atom. The SMILES string of the molecule is CCN(CC)CC(=O)N1CCCC(C)C1. The van der Waals surface area contributed by atoms with Gasteiger partial charge in [-0.05, 0) is 31.8 Å². The Morgan fingerprint density at radius 3 is 2.60 bits per heavy atom. The fraction of sp³-hybridized carbons (Fsp3) is 0.917. The van der Waals surface area contributed by atoms with Crippen LogP contribution in [-0.2, 0) is 4.79 Å². The third kappa shape index (κ3) is 3.82. The molecule has 0 aromatic heterocycles. The van der Waals surface area contributed by atoms with Gasteiger partial charge in [0.25, 0.3) is 0 Å². The maximum Gasteiger partial charge on any atom is 0.236 e. The van der Waals surface area contributed by atoms with Gasteiger partial charge in [0.15, 0.2) is 0 Å². The van der Waals surface area contributed by atoms with E-state index in [0.717, 1.165) is 26.2 Å². The minimum atomic E-state index is 0.310. The molecule has 1 aliphatic heterocycles. The minimum absolute atomic E-state index is 0.310. The van der Waals surface area contributed by atoms with E-state index in [2.05, 4.69) is 25.7 Å². The zero-order valence-corrected chi connectivity index (χ0v) is 10.3. The van der Waals surface area contributed by atoms with Crippen molar-refractivity contribution in [3.8, 4) is 0 Å². The Balaban J connectivity index is 2.38. The average Bonchev–Trinajstić information content (AvgIpc) is 2.25. The second-order valence-electron chi connectivity index (χ2n) is 4.55. The Morgan fingerprint density at radius 1 is 1.40 bits per heavy atom. The first kappa shape index (κ1) is 12.5. The maximum atomic E-state index is 12.0. The molecule has 0 aromatic rings. The summed E-state index contributed by atoms with van der Waals surface area (Å²) < 4.78 is 0. The van der Waals surface area contributed by atoms with Crippen molar-refractivity contribution in [1.82, 2.24) is 9.80 Å². The van der Waals surface area contributed by atoms with E-state index < -0.39 is 0 Å². The summed E-state index contributed by atoms with van der Waals surface area (Å²) >= 11 is 0. The van der Waals surface area contributed by atoms with Crippen molar-refractivity contribution >= 4 is 5.91 Å². The van der Waals surface area contributed by atoms with Crippen LogP contribution < -0.4 is 0 Å². The molecule has 3 nitrogen and oxygen atoms in total. The molecule has 1 rings (SSSR count). The number of amides is 1. The van der Waals surface area contributed by atoms with Crippen molar-refractivity contribution in [2.75, 3.05) is 32.7 Å². The zero-order chi connectivity index (χ0) is 11.3. The lowest BCUT2D eigenvalue weighted by Gasteiger charge is -2.32. The normalized spacial score (nSPS) is 22.1. The Kier molecular flexibility index (Phi) is 5.09. The van der Waals surface area contributed by atoms with E-state index in [1.165, 1.54) is 12.8 Å². The number of hydrogen-bond acceptors (Lipinski definition) is 2. The number of rotatable bonds is 4. The molecule has 1 unspecified atom stereocenters. The van der Waals surface area contributed by atoms with Gasteiger partial charge < -0.3 is 4.90 Å². The fourth-order valence-corrected chi connectivity index (χ4v) is 2.15. The Hall–Kier alpha value is -0.570. The molecule has 0 aromatic carbocycles. The molecule has 0 N–H and O–H groups in total. The topological polar surface area (TPSA) is 23.6 Å². The summed E-state index contributed by atoms with van der Waals surface area (Å²) in [6.07, 6.45) is 2.44. The van der Waals surface area contributed by atoms with Gasteiger partial charge in [0.1, 0.15) is 0 Å². The summed E-state index contributed by atoms with van der Waals surface area (Å²) in [5.74, 6) is 0.990. The lowest BCUT2D eigenvalue weighted by Crippen LogP contribution is -2.44. The first-order valence-electron chi connectivity index (χ1n) is 6.17. The van der Waals surface area contributed by atoms with Crippen LogP contribution in [-0.4, -0.2) is 48.4 Å². The second kappa shape index (κ2) is 6.11. The van der Waals surface area contributed by atoms with Gasteiger partial charge in [-0.15, -0.1) is 0 Å². The van der Waals surface area contributed by atoms with Crippen molar-refractivity contribution in [2.24, 2.45) is 5.92 Å². The number of nitrogens with zero attached hydrogens (tertiary/aromatic N) is 2. The highest BCUT2D eigenvalue weighted by molar-refractivity contribution is 5.78. The molecule has 1 saturated heterocycles. The van der Waals surface area contributed by atoms with E-state index in [1.54, 1.807) is 0 Å². The second-order valence-corrected chi connectivity index (χ2v) is 4.55. The van der Waals surface area contributed by atoms with Crippen molar-refractivity contribution in [1.29, 1.82) is 0 Å². The molecule has 3 heteroatoms. The van der Waals surface area contributed by atoms with E-state index in [0.29, 0.717) is 18.4 Å². The first-order valence-corrected chi connectivity index (χ1v) is 6.17. The third-order valence-corrected chi connectivity index (χ3v) is 3.26. The van der Waals surface area contributed by atoms with Crippen LogP contribution in [0.5, 0.6) is 0 Å². The van der Waals surface area contributed by atoms with Gasteiger partial charge in [0, 0.05) is 13.1 Å². The van der Waals surface area contributed by atoms with E-state index in [1.807, 2.05) is 4.90 Å². The number of likely N-dealkylation sites (N-methyl/N-ethyl adjacent to an activating group) is 1. The van der Waals surface area contributed by atoms with Crippen LogP contribution in [0.2, 0.25) is 0 Å². The molecule has 1 atom stereocenters. The van der Waals surface area contributed by atoms with Gasteiger partial charge in [0.2, 0.25) is 5.91 Å². The lowest BCUT2D eigenvalue weighted by molar-refractivity contribution is -0.134.